The van der Waals surface area contributed by atoms with Gasteiger partial charge in [0.25, 0.3) is 0 Å². The summed E-state index contributed by atoms with van der Waals surface area (Å²) in [4.78, 5) is 0. The average Bonchev–Trinajstić information content (AvgIpc) is 1.37. The van der Waals surface area contributed by atoms with E-state index in [9.17, 15) is 0 Å². The van der Waals surface area contributed by atoms with E-state index in [1.54, 1.807) is 0 Å². The van der Waals surface area contributed by atoms with E-state index in [4.69, 9.17) is 5.26 Å². The van der Waals surface area contributed by atoms with E-state index in [2.05, 4.69) is 6.92 Å². The van der Waals surface area contributed by atoms with Crippen molar-refractivity contribution in [1.29, 1.82) is 5.26 Å². The van der Waals surface area contributed by atoms with Crippen LogP contribution in [0.4, 0.5) is 0 Å². The van der Waals surface area contributed by atoms with Gasteiger partial charge in [-0.2, -0.15) is 0 Å². The molecule has 0 amide bonds. The second kappa shape index (κ2) is 8.94. The van der Waals surface area contributed by atoms with Crippen molar-refractivity contribution < 1.29 is 18.9 Å². The third-order valence-electron chi connectivity index (χ3n) is 0.112. The van der Waals surface area contributed by atoms with Gasteiger partial charge in [0.2, 0.25) is 0 Å². The first kappa shape index (κ1) is 8.92. The molecule has 0 N–H and O–H groups in total. The molecule has 2 heteroatoms. The molecule has 0 aliphatic rings. The van der Waals surface area contributed by atoms with Crippen LogP contribution >= 0.6 is 0 Å². The van der Waals surface area contributed by atoms with Crippen molar-refractivity contribution in [3.63, 3.8) is 0 Å². The number of hydrogen-bond acceptors (Lipinski definition) is 1. The monoisotopic (exact) mass is 61.1 g/mol. The number of rotatable bonds is 0. The molecule has 1 nitrogen and oxygen atoms in total. The molecular weight excluding hydrogens is 57.0 g/mol. The zero-order valence-corrected chi connectivity index (χ0v) is 3.36. The molecule has 0 radical (unpaired) electrons. The van der Waals surface area contributed by atoms with Gasteiger partial charge in [-0.25, -0.2) is 5.26 Å². The molecule has 0 unspecified atom stereocenters. The molecule has 0 aliphatic carbocycles. The number of hydrogen-bond donors (Lipinski definition) is 0. The summed E-state index contributed by atoms with van der Waals surface area (Å²) in [5.74, 6) is 0. The van der Waals surface area contributed by atoms with E-state index in [1.165, 1.54) is 0 Å². The van der Waals surface area contributed by atoms with Crippen LogP contribution in [0.1, 0.15) is 6.42 Å². The van der Waals surface area contributed by atoms with Crippen LogP contribution in [0.2, 0.25) is 0 Å². The van der Waals surface area contributed by atoms with Gasteiger partial charge in [0.15, 0.2) is 0 Å². The van der Waals surface area contributed by atoms with Gasteiger partial charge in [-0.15, -0.1) is 0 Å². The summed E-state index contributed by atoms with van der Waals surface area (Å²) in [5.41, 5.74) is 0. The van der Waals surface area contributed by atoms with Gasteiger partial charge in [-0.1, -0.05) is 6.42 Å². The van der Waals surface area contributed by atoms with Gasteiger partial charge >= 0.3 is 18.9 Å². The van der Waals surface area contributed by atoms with Crippen molar-refractivity contribution in [3.8, 4) is 6.07 Å². The fourth-order valence-corrected chi connectivity index (χ4v) is 0. The number of nitriles is 1. The molecule has 0 fully saturated rings. The van der Waals surface area contributed by atoms with Crippen molar-refractivity contribution in [1.82, 2.24) is 0 Å². The number of nitrogens with zero attached hydrogens (tertiary/aromatic N) is 1. The van der Waals surface area contributed by atoms with Crippen LogP contribution in [0.3, 0.4) is 0 Å². The molecule has 0 aromatic heterocycles. The fraction of sp³-hybridized carbons (Fsp3) is 0.333. The van der Waals surface area contributed by atoms with Crippen LogP contribution in [0, 0.1) is 18.3 Å². The Balaban J connectivity index is 0. The van der Waals surface area contributed by atoms with E-state index in [-0.39, 0.29) is 18.9 Å². The summed E-state index contributed by atoms with van der Waals surface area (Å²) in [6.07, 6.45) is 0.375. The quantitative estimate of drug-likeness (QED) is 0.229. The summed E-state index contributed by atoms with van der Waals surface area (Å²) in [6, 6.07) is 1.82. The Morgan fingerprint density at radius 3 is 2.00 bits per heavy atom. The molecule has 0 atom stereocenters. The van der Waals surface area contributed by atoms with Gasteiger partial charge in [-0.05, 0) is 0 Å². The summed E-state index contributed by atoms with van der Waals surface area (Å²) in [5, 5.41) is 7.56. The Hall–Kier alpha value is 0.0874. The third kappa shape index (κ3) is 15.1. The molecule has 0 aromatic carbocycles. The van der Waals surface area contributed by atoms with Crippen LogP contribution in [0.5, 0.6) is 0 Å². The van der Waals surface area contributed by atoms with Crippen LogP contribution in [0.25, 0.3) is 0 Å². The van der Waals surface area contributed by atoms with E-state index in [0.29, 0.717) is 6.42 Å². The van der Waals surface area contributed by atoms with Crippen molar-refractivity contribution in [2.75, 3.05) is 0 Å². The first-order valence-corrected chi connectivity index (χ1v) is 1.08. The molecule has 0 saturated heterocycles. The standard InChI is InChI=1S/C3H4N.Li/c1-2-3-4;/h1-2H2;/q-1;+1. The van der Waals surface area contributed by atoms with E-state index in [0.717, 1.165) is 0 Å². The van der Waals surface area contributed by atoms with Crippen LogP contribution in [0.15, 0.2) is 0 Å². The summed E-state index contributed by atoms with van der Waals surface area (Å²) < 4.78 is 0. The Labute approximate surface area is 44.2 Å². The summed E-state index contributed by atoms with van der Waals surface area (Å²) in [7, 11) is 0. The minimum atomic E-state index is 0. The normalized spacial score (nSPS) is 4.00. The summed E-state index contributed by atoms with van der Waals surface area (Å²) >= 11 is 0. The molecule has 22 valence electrons. The molecule has 0 bridgehead atoms. The van der Waals surface area contributed by atoms with E-state index >= 15 is 0 Å². The van der Waals surface area contributed by atoms with Crippen molar-refractivity contribution in [2.24, 2.45) is 0 Å². The maximum absolute atomic E-state index is 7.56. The minimum absolute atomic E-state index is 0. The van der Waals surface area contributed by atoms with E-state index < -0.39 is 0 Å². The largest absolute Gasteiger partial charge is 1.00 e. The molecule has 0 heterocycles. The van der Waals surface area contributed by atoms with Gasteiger partial charge in [-0.3, -0.25) is 0 Å². The topological polar surface area (TPSA) is 23.8 Å². The molecule has 0 spiro atoms. The predicted molar refractivity (Wildman–Crippen MR) is 15.6 cm³/mol. The van der Waals surface area contributed by atoms with Gasteiger partial charge < -0.3 is 6.92 Å². The maximum Gasteiger partial charge on any atom is 1.00 e. The molecule has 0 saturated carbocycles. The zero-order chi connectivity index (χ0) is 3.41. The predicted octanol–water partition coefficient (Wildman–Crippen LogP) is -2.26. The first-order chi connectivity index (χ1) is 1.91. The van der Waals surface area contributed by atoms with Crippen molar-refractivity contribution in [2.45, 2.75) is 6.42 Å². The molecule has 0 aromatic rings. The maximum atomic E-state index is 7.56. The molecule has 0 rings (SSSR count). The Morgan fingerprint density at radius 1 is 1.80 bits per heavy atom. The van der Waals surface area contributed by atoms with Crippen LogP contribution in [-0.4, -0.2) is 0 Å². The molecular formula is C3H4LiN. The van der Waals surface area contributed by atoms with Crippen LogP contribution < -0.4 is 18.9 Å². The average molecular weight is 61.0 g/mol. The summed E-state index contributed by atoms with van der Waals surface area (Å²) in [6.45, 7) is 3.24. The van der Waals surface area contributed by atoms with Crippen LogP contribution in [-0.2, 0) is 0 Å². The van der Waals surface area contributed by atoms with Gasteiger partial charge in [0.05, 0.1) is 0 Å². The van der Waals surface area contributed by atoms with Crippen molar-refractivity contribution >= 4 is 0 Å². The Morgan fingerprint density at radius 2 is 2.00 bits per heavy atom. The Kier molecular flexibility index (Phi) is 15.9. The fourth-order valence-electron chi connectivity index (χ4n) is 0. The second-order valence-electron chi connectivity index (χ2n) is 0.408. The van der Waals surface area contributed by atoms with Crippen molar-refractivity contribution in [3.05, 3.63) is 6.92 Å². The Bertz CT molecular complexity index is 36.6. The smallest absolute Gasteiger partial charge is 0.330 e. The van der Waals surface area contributed by atoms with Gasteiger partial charge in [0.1, 0.15) is 0 Å². The molecule has 0 aliphatic heterocycles. The van der Waals surface area contributed by atoms with E-state index in [1.807, 2.05) is 6.07 Å². The first-order valence-electron chi connectivity index (χ1n) is 1.08. The minimum Gasteiger partial charge on any atom is -0.330 e. The van der Waals surface area contributed by atoms with Gasteiger partial charge in [0, 0.05) is 6.07 Å². The molecule has 5 heavy (non-hydrogen) atoms. The second-order valence-corrected chi connectivity index (χ2v) is 0.408. The SMILES string of the molecule is [CH2-]CC#N.[Li+]. The zero-order valence-electron chi connectivity index (χ0n) is 3.36. The third-order valence-corrected chi connectivity index (χ3v) is 0.112.